The Morgan fingerprint density at radius 3 is 2.67 bits per heavy atom. The number of nitrogens with zero attached hydrogens (tertiary/aromatic N) is 2. The molecule has 86 valence electrons. The van der Waals surface area contributed by atoms with Crippen molar-refractivity contribution in [2.24, 2.45) is 5.41 Å². The van der Waals surface area contributed by atoms with E-state index in [-0.39, 0.29) is 5.91 Å². The van der Waals surface area contributed by atoms with Gasteiger partial charge in [-0.1, -0.05) is 0 Å². The van der Waals surface area contributed by atoms with Crippen LogP contribution in [0.1, 0.15) is 12.8 Å². The van der Waals surface area contributed by atoms with Crippen LogP contribution >= 0.6 is 0 Å². The molecule has 0 unspecified atom stereocenters. The minimum atomic E-state index is 0.245. The molecule has 2 rings (SSSR count). The van der Waals surface area contributed by atoms with E-state index in [1.54, 1.807) is 7.11 Å². The van der Waals surface area contributed by atoms with Gasteiger partial charge in [0.1, 0.15) is 0 Å². The van der Waals surface area contributed by atoms with Crippen molar-refractivity contribution in [3.8, 4) is 0 Å². The lowest BCUT2D eigenvalue weighted by Gasteiger charge is -2.34. The van der Waals surface area contributed by atoms with E-state index in [4.69, 9.17) is 4.74 Å². The highest BCUT2D eigenvalue weighted by atomic mass is 16.5. The summed E-state index contributed by atoms with van der Waals surface area (Å²) in [6.07, 6.45) is 2.50. The summed E-state index contributed by atoms with van der Waals surface area (Å²) >= 11 is 0. The lowest BCUT2D eigenvalue weighted by atomic mass is 10.1. The first-order chi connectivity index (χ1) is 7.15. The summed E-state index contributed by atoms with van der Waals surface area (Å²) < 4.78 is 5.24. The first kappa shape index (κ1) is 10.9. The second-order valence-electron chi connectivity index (χ2n) is 4.96. The smallest absolute Gasteiger partial charge is 0.236 e. The molecule has 0 spiro atoms. The third kappa shape index (κ3) is 2.49. The number of carbonyl (C=O) groups excluding carboxylic acids is 1. The van der Waals surface area contributed by atoms with E-state index in [1.165, 1.54) is 12.8 Å². The maximum atomic E-state index is 11.5. The zero-order valence-electron chi connectivity index (χ0n) is 9.66. The van der Waals surface area contributed by atoms with Crippen LogP contribution in [0.25, 0.3) is 0 Å². The summed E-state index contributed by atoms with van der Waals surface area (Å²) in [6, 6.07) is 0. The SMILES string of the molecule is COCC1(CN2CCN(C)C(=O)C2)CC1. The maximum Gasteiger partial charge on any atom is 0.236 e. The van der Waals surface area contributed by atoms with Crippen molar-refractivity contribution < 1.29 is 9.53 Å². The van der Waals surface area contributed by atoms with E-state index in [2.05, 4.69) is 4.90 Å². The number of ether oxygens (including phenoxy) is 1. The molecule has 2 fully saturated rings. The van der Waals surface area contributed by atoms with Gasteiger partial charge in [-0.15, -0.1) is 0 Å². The molecule has 0 aromatic heterocycles. The number of methoxy groups -OCH3 is 1. The number of hydrogen-bond donors (Lipinski definition) is 0. The predicted octanol–water partition coefficient (Wildman–Crippen LogP) is 0.187. The molecule has 0 aromatic rings. The molecule has 1 aliphatic carbocycles. The predicted molar refractivity (Wildman–Crippen MR) is 57.6 cm³/mol. The lowest BCUT2D eigenvalue weighted by Crippen LogP contribution is -2.50. The molecular formula is C11H20N2O2. The minimum Gasteiger partial charge on any atom is -0.384 e. The second kappa shape index (κ2) is 4.10. The van der Waals surface area contributed by atoms with Crippen LogP contribution in [-0.4, -0.2) is 62.7 Å². The molecule has 0 N–H and O–H groups in total. The summed E-state index contributed by atoms with van der Waals surface area (Å²) in [5.74, 6) is 0.245. The van der Waals surface area contributed by atoms with Gasteiger partial charge < -0.3 is 9.64 Å². The van der Waals surface area contributed by atoms with E-state index in [0.717, 1.165) is 26.2 Å². The van der Waals surface area contributed by atoms with Gasteiger partial charge in [0.25, 0.3) is 0 Å². The fourth-order valence-electron chi connectivity index (χ4n) is 2.25. The molecule has 0 atom stereocenters. The summed E-state index contributed by atoms with van der Waals surface area (Å²) in [6.45, 7) is 4.32. The fraction of sp³-hybridized carbons (Fsp3) is 0.909. The lowest BCUT2D eigenvalue weighted by molar-refractivity contribution is -0.134. The van der Waals surface area contributed by atoms with Crippen molar-refractivity contribution in [1.29, 1.82) is 0 Å². The van der Waals surface area contributed by atoms with Crippen molar-refractivity contribution >= 4 is 5.91 Å². The third-order valence-corrected chi connectivity index (χ3v) is 3.50. The number of likely N-dealkylation sites (N-methyl/N-ethyl adjacent to an activating group) is 1. The Morgan fingerprint density at radius 2 is 2.13 bits per heavy atom. The van der Waals surface area contributed by atoms with Gasteiger partial charge in [-0.25, -0.2) is 0 Å². The summed E-state index contributed by atoms with van der Waals surface area (Å²) in [5, 5.41) is 0. The van der Waals surface area contributed by atoms with Crippen LogP contribution in [0.2, 0.25) is 0 Å². The molecule has 1 saturated carbocycles. The van der Waals surface area contributed by atoms with E-state index in [0.29, 0.717) is 12.0 Å². The van der Waals surface area contributed by atoms with Gasteiger partial charge in [-0.05, 0) is 12.8 Å². The average Bonchev–Trinajstić information content (AvgIpc) is 2.92. The van der Waals surface area contributed by atoms with Gasteiger partial charge in [0.05, 0.1) is 13.2 Å². The van der Waals surface area contributed by atoms with Crippen LogP contribution in [0, 0.1) is 5.41 Å². The second-order valence-corrected chi connectivity index (χ2v) is 4.96. The van der Waals surface area contributed by atoms with E-state index >= 15 is 0 Å². The van der Waals surface area contributed by atoms with Crippen LogP contribution in [0.4, 0.5) is 0 Å². The first-order valence-electron chi connectivity index (χ1n) is 5.60. The molecule has 0 bridgehead atoms. The summed E-state index contributed by atoms with van der Waals surface area (Å²) in [4.78, 5) is 15.6. The Kier molecular flexibility index (Phi) is 2.98. The van der Waals surface area contributed by atoms with Gasteiger partial charge in [-0.3, -0.25) is 9.69 Å². The Balaban J connectivity index is 1.83. The summed E-state index contributed by atoms with van der Waals surface area (Å²) in [7, 11) is 3.64. The van der Waals surface area contributed by atoms with E-state index in [1.807, 2.05) is 11.9 Å². The maximum absolute atomic E-state index is 11.5. The normalized spacial score (nSPS) is 25.7. The molecular weight excluding hydrogens is 192 g/mol. The number of piperazine rings is 1. The molecule has 15 heavy (non-hydrogen) atoms. The van der Waals surface area contributed by atoms with Gasteiger partial charge >= 0.3 is 0 Å². The molecule has 1 amide bonds. The zero-order valence-corrected chi connectivity index (χ0v) is 9.66. The fourth-order valence-corrected chi connectivity index (χ4v) is 2.25. The molecule has 4 heteroatoms. The Bertz CT molecular complexity index is 251. The largest absolute Gasteiger partial charge is 0.384 e. The third-order valence-electron chi connectivity index (χ3n) is 3.50. The van der Waals surface area contributed by atoms with E-state index in [9.17, 15) is 4.79 Å². The van der Waals surface area contributed by atoms with Crippen molar-refractivity contribution in [1.82, 2.24) is 9.80 Å². The topological polar surface area (TPSA) is 32.8 Å². The number of amides is 1. The summed E-state index contributed by atoms with van der Waals surface area (Å²) in [5.41, 5.74) is 0.366. The highest BCUT2D eigenvalue weighted by Crippen LogP contribution is 2.46. The highest BCUT2D eigenvalue weighted by molar-refractivity contribution is 5.78. The van der Waals surface area contributed by atoms with Crippen LogP contribution in [0.15, 0.2) is 0 Å². The van der Waals surface area contributed by atoms with Crippen LogP contribution in [0.5, 0.6) is 0 Å². The molecule has 0 aromatic carbocycles. The van der Waals surface area contributed by atoms with Crippen molar-refractivity contribution in [2.45, 2.75) is 12.8 Å². The Morgan fingerprint density at radius 1 is 1.40 bits per heavy atom. The van der Waals surface area contributed by atoms with Gasteiger partial charge in [0.15, 0.2) is 0 Å². The monoisotopic (exact) mass is 212 g/mol. The average molecular weight is 212 g/mol. The Labute approximate surface area is 91.2 Å². The standard InChI is InChI=1S/C11H20N2O2/c1-12-5-6-13(7-10(12)14)8-11(3-4-11)9-15-2/h3-9H2,1-2H3. The highest BCUT2D eigenvalue weighted by Gasteiger charge is 2.44. The zero-order chi connectivity index (χ0) is 10.9. The number of carbonyl (C=O) groups is 1. The quantitative estimate of drug-likeness (QED) is 0.667. The van der Waals surface area contributed by atoms with Gasteiger partial charge in [-0.2, -0.15) is 0 Å². The first-order valence-corrected chi connectivity index (χ1v) is 5.60. The van der Waals surface area contributed by atoms with Crippen molar-refractivity contribution in [2.75, 3.05) is 46.9 Å². The van der Waals surface area contributed by atoms with Crippen LogP contribution in [-0.2, 0) is 9.53 Å². The van der Waals surface area contributed by atoms with Gasteiger partial charge in [0.2, 0.25) is 5.91 Å². The molecule has 2 aliphatic rings. The molecule has 4 nitrogen and oxygen atoms in total. The molecule has 1 aliphatic heterocycles. The van der Waals surface area contributed by atoms with Crippen molar-refractivity contribution in [3.05, 3.63) is 0 Å². The van der Waals surface area contributed by atoms with Crippen LogP contribution < -0.4 is 0 Å². The minimum absolute atomic E-state index is 0.245. The molecule has 1 heterocycles. The molecule has 0 radical (unpaired) electrons. The van der Waals surface area contributed by atoms with E-state index < -0.39 is 0 Å². The number of hydrogen-bond acceptors (Lipinski definition) is 3. The van der Waals surface area contributed by atoms with Gasteiger partial charge in [0, 0.05) is 39.2 Å². The van der Waals surface area contributed by atoms with Crippen molar-refractivity contribution in [3.63, 3.8) is 0 Å². The number of rotatable bonds is 4. The Hall–Kier alpha value is -0.610. The van der Waals surface area contributed by atoms with Crippen LogP contribution in [0.3, 0.4) is 0 Å². The molecule has 1 saturated heterocycles.